The Bertz CT molecular complexity index is 602. The number of ketones is 1. The van der Waals surface area contributed by atoms with Gasteiger partial charge in [-0.05, 0) is 31.5 Å². The van der Waals surface area contributed by atoms with Crippen molar-refractivity contribution < 1.29 is 9.18 Å². The Morgan fingerprint density at radius 2 is 2.11 bits per heavy atom. The molecule has 0 saturated heterocycles. The third-order valence-electron chi connectivity index (χ3n) is 2.89. The Hall–Kier alpha value is -1.97. The number of hydrogen-bond donors (Lipinski definition) is 0. The van der Waals surface area contributed by atoms with Gasteiger partial charge in [0.25, 0.3) is 0 Å². The van der Waals surface area contributed by atoms with Crippen molar-refractivity contribution in [2.45, 2.75) is 20.3 Å². The highest BCUT2D eigenvalue weighted by Gasteiger charge is 2.18. The lowest BCUT2D eigenvalue weighted by Crippen LogP contribution is -2.10. The highest BCUT2D eigenvalue weighted by Crippen LogP contribution is 2.16. The second kappa shape index (κ2) is 4.72. The van der Waals surface area contributed by atoms with Gasteiger partial charge in [-0.1, -0.05) is 18.6 Å². The van der Waals surface area contributed by atoms with Gasteiger partial charge >= 0.3 is 0 Å². The van der Waals surface area contributed by atoms with Crippen LogP contribution in [0.2, 0.25) is 0 Å². The molecule has 0 aliphatic heterocycles. The molecule has 0 radical (unpaired) electrons. The molecule has 94 valence electrons. The predicted octanol–water partition coefficient (Wildman–Crippen LogP) is 2.66. The maximum absolute atomic E-state index is 13.7. The van der Waals surface area contributed by atoms with Gasteiger partial charge in [0, 0.05) is 7.05 Å². The molecule has 3 nitrogen and oxygen atoms in total. The molecule has 1 aromatic carbocycles. The Balaban J connectivity index is 2.47. The number of nitrogens with zero attached hydrogens (tertiary/aromatic N) is 2. The van der Waals surface area contributed by atoms with E-state index in [1.54, 1.807) is 25.2 Å². The van der Waals surface area contributed by atoms with Crippen LogP contribution in [-0.4, -0.2) is 15.6 Å². The summed E-state index contributed by atoms with van der Waals surface area (Å²) in [4.78, 5) is 12.3. The summed E-state index contributed by atoms with van der Waals surface area (Å²) in [6.45, 7) is 3.79. The average molecular weight is 246 g/mol. The smallest absolute Gasteiger partial charge is 0.213 e. The maximum Gasteiger partial charge on any atom is 0.213 e. The van der Waals surface area contributed by atoms with Crippen molar-refractivity contribution in [2.75, 3.05) is 0 Å². The van der Waals surface area contributed by atoms with Crippen LogP contribution in [0.25, 0.3) is 0 Å². The lowest BCUT2D eigenvalue weighted by Gasteiger charge is -2.04. The van der Waals surface area contributed by atoms with Crippen molar-refractivity contribution in [1.82, 2.24) is 9.78 Å². The molecular weight excluding hydrogens is 231 g/mol. The largest absolute Gasteiger partial charge is 0.287 e. The van der Waals surface area contributed by atoms with Crippen LogP contribution in [-0.2, 0) is 13.5 Å². The van der Waals surface area contributed by atoms with E-state index in [4.69, 9.17) is 0 Å². The fourth-order valence-corrected chi connectivity index (χ4v) is 1.86. The molecule has 2 rings (SSSR count). The Labute approximate surface area is 105 Å². The highest BCUT2D eigenvalue weighted by molar-refractivity contribution is 6.08. The van der Waals surface area contributed by atoms with Gasteiger partial charge < -0.3 is 0 Å². The zero-order chi connectivity index (χ0) is 13.3. The van der Waals surface area contributed by atoms with Crippen LogP contribution in [0.4, 0.5) is 4.39 Å². The third-order valence-corrected chi connectivity index (χ3v) is 2.89. The van der Waals surface area contributed by atoms with Gasteiger partial charge in [0.2, 0.25) is 5.78 Å². The molecule has 0 bridgehead atoms. The molecule has 0 aliphatic carbocycles. The van der Waals surface area contributed by atoms with Gasteiger partial charge in [0.15, 0.2) is 0 Å². The molecule has 0 aliphatic rings. The number of benzene rings is 1. The Morgan fingerprint density at radius 3 is 2.72 bits per heavy atom. The normalized spacial score (nSPS) is 10.7. The molecule has 4 heteroatoms. The number of rotatable bonds is 3. The quantitative estimate of drug-likeness (QED) is 0.780. The van der Waals surface area contributed by atoms with Gasteiger partial charge in [-0.3, -0.25) is 9.48 Å². The van der Waals surface area contributed by atoms with Crippen LogP contribution >= 0.6 is 0 Å². The summed E-state index contributed by atoms with van der Waals surface area (Å²) >= 11 is 0. The first kappa shape index (κ1) is 12.5. The van der Waals surface area contributed by atoms with Crippen molar-refractivity contribution in [3.8, 4) is 0 Å². The number of carbonyl (C=O) groups excluding carboxylic acids is 1. The zero-order valence-corrected chi connectivity index (χ0v) is 10.7. The maximum atomic E-state index is 13.7. The SMILES string of the molecule is CCc1cc(C(=O)c2cc(C)ccc2F)n(C)n1. The minimum Gasteiger partial charge on any atom is -0.287 e. The fourth-order valence-electron chi connectivity index (χ4n) is 1.86. The fraction of sp³-hybridized carbons (Fsp3) is 0.286. The van der Waals surface area contributed by atoms with Crippen LogP contribution < -0.4 is 0 Å². The summed E-state index contributed by atoms with van der Waals surface area (Å²) in [6, 6.07) is 6.24. The molecule has 0 amide bonds. The van der Waals surface area contributed by atoms with Crippen LogP contribution in [0.1, 0.15) is 34.2 Å². The first-order chi connectivity index (χ1) is 8.52. The van der Waals surface area contributed by atoms with E-state index in [1.165, 1.54) is 10.7 Å². The lowest BCUT2D eigenvalue weighted by atomic mass is 10.0. The van der Waals surface area contributed by atoms with Crippen molar-refractivity contribution in [3.05, 3.63) is 52.6 Å². The molecule has 18 heavy (non-hydrogen) atoms. The van der Waals surface area contributed by atoms with Gasteiger partial charge in [-0.15, -0.1) is 0 Å². The van der Waals surface area contributed by atoms with Crippen LogP contribution in [0.15, 0.2) is 24.3 Å². The Kier molecular flexibility index (Phi) is 3.28. The minimum absolute atomic E-state index is 0.0978. The van der Waals surface area contributed by atoms with Crippen LogP contribution in [0.5, 0.6) is 0 Å². The second-order valence-electron chi connectivity index (χ2n) is 4.31. The number of halogens is 1. The minimum atomic E-state index is -0.496. The summed E-state index contributed by atoms with van der Waals surface area (Å²) in [5.74, 6) is -0.823. The summed E-state index contributed by atoms with van der Waals surface area (Å²) in [5.41, 5.74) is 2.20. The summed E-state index contributed by atoms with van der Waals surface area (Å²) in [7, 11) is 1.69. The van der Waals surface area contributed by atoms with E-state index in [0.717, 1.165) is 17.7 Å². The molecular formula is C14H15FN2O. The number of carbonyl (C=O) groups is 1. The van der Waals surface area contributed by atoms with Crippen molar-refractivity contribution >= 4 is 5.78 Å². The monoisotopic (exact) mass is 246 g/mol. The summed E-state index contributed by atoms with van der Waals surface area (Å²) < 4.78 is 15.2. The topological polar surface area (TPSA) is 34.9 Å². The molecule has 0 unspecified atom stereocenters. The summed E-state index contributed by atoms with van der Waals surface area (Å²) in [6.07, 6.45) is 0.747. The summed E-state index contributed by atoms with van der Waals surface area (Å²) in [5, 5.41) is 4.20. The number of aromatic nitrogens is 2. The van der Waals surface area contributed by atoms with E-state index >= 15 is 0 Å². The highest BCUT2D eigenvalue weighted by atomic mass is 19.1. The number of hydrogen-bond acceptors (Lipinski definition) is 2. The van der Waals surface area contributed by atoms with Crippen molar-refractivity contribution in [3.63, 3.8) is 0 Å². The molecule has 0 N–H and O–H groups in total. The molecule has 0 fully saturated rings. The Morgan fingerprint density at radius 1 is 1.39 bits per heavy atom. The molecule has 1 heterocycles. The van der Waals surface area contributed by atoms with Crippen LogP contribution in [0.3, 0.4) is 0 Å². The van der Waals surface area contributed by atoms with Crippen molar-refractivity contribution in [1.29, 1.82) is 0 Å². The van der Waals surface area contributed by atoms with Crippen molar-refractivity contribution in [2.24, 2.45) is 7.05 Å². The standard InChI is InChI=1S/C14H15FN2O/c1-4-10-8-13(17(3)16-10)14(18)11-7-9(2)5-6-12(11)15/h5-8H,4H2,1-3H3. The molecule has 0 spiro atoms. The third kappa shape index (κ3) is 2.18. The molecule has 0 saturated carbocycles. The van der Waals surface area contributed by atoms with E-state index in [2.05, 4.69) is 5.10 Å². The van der Waals surface area contributed by atoms with E-state index < -0.39 is 5.82 Å². The van der Waals surface area contributed by atoms with Crippen LogP contribution in [0, 0.1) is 12.7 Å². The van der Waals surface area contributed by atoms with Gasteiger partial charge in [-0.2, -0.15) is 5.10 Å². The van der Waals surface area contributed by atoms with E-state index in [0.29, 0.717) is 5.69 Å². The number of aryl methyl sites for hydroxylation is 3. The van der Waals surface area contributed by atoms with Gasteiger partial charge in [0.05, 0.1) is 11.3 Å². The zero-order valence-electron chi connectivity index (χ0n) is 10.7. The molecule has 2 aromatic rings. The van der Waals surface area contributed by atoms with E-state index in [1.807, 2.05) is 13.8 Å². The van der Waals surface area contributed by atoms with E-state index in [9.17, 15) is 9.18 Å². The average Bonchev–Trinajstić information content (AvgIpc) is 2.73. The van der Waals surface area contributed by atoms with Gasteiger partial charge in [0.1, 0.15) is 11.5 Å². The second-order valence-corrected chi connectivity index (χ2v) is 4.31. The first-order valence-corrected chi connectivity index (χ1v) is 5.86. The molecule has 0 atom stereocenters. The first-order valence-electron chi connectivity index (χ1n) is 5.86. The predicted molar refractivity (Wildman–Crippen MR) is 67.2 cm³/mol. The van der Waals surface area contributed by atoms with E-state index in [-0.39, 0.29) is 11.3 Å². The lowest BCUT2D eigenvalue weighted by molar-refractivity contribution is 0.102. The molecule has 1 aromatic heterocycles. The van der Waals surface area contributed by atoms with Gasteiger partial charge in [-0.25, -0.2) is 4.39 Å².